The van der Waals surface area contributed by atoms with E-state index < -0.39 is 0 Å². The number of aromatic nitrogens is 1. The number of urea groups is 1. The zero-order chi connectivity index (χ0) is 15.5. The van der Waals surface area contributed by atoms with Gasteiger partial charge in [0.1, 0.15) is 17.6 Å². The molecule has 6 nitrogen and oxygen atoms in total. The largest absolute Gasteiger partial charge is 0.464 e. The molecule has 1 aliphatic heterocycles. The highest BCUT2D eigenvalue weighted by atomic mass is 16.5. The third kappa shape index (κ3) is 2.96. The maximum Gasteiger partial charge on any atom is 0.322 e. The van der Waals surface area contributed by atoms with Gasteiger partial charge in [0.05, 0.1) is 13.2 Å². The van der Waals surface area contributed by atoms with E-state index in [4.69, 9.17) is 9.15 Å². The molecule has 1 fully saturated rings. The Hall–Kier alpha value is -2.34. The van der Waals surface area contributed by atoms with E-state index in [1.807, 2.05) is 26.0 Å². The molecule has 6 heteroatoms. The average Bonchev–Trinajstić information content (AvgIpc) is 2.96. The van der Waals surface area contributed by atoms with Crippen molar-refractivity contribution >= 4 is 11.7 Å². The minimum absolute atomic E-state index is 0.156. The van der Waals surface area contributed by atoms with Gasteiger partial charge in [-0.25, -0.2) is 4.79 Å². The molecule has 0 spiro atoms. The Morgan fingerprint density at radius 3 is 2.95 bits per heavy atom. The lowest BCUT2D eigenvalue weighted by atomic mass is 10.2. The van der Waals surface area contributed by atoms with E-state index in [0.717, 1.165) is 22.8 Å². The molecule has 0 aliphatic carbocycles. The summed E-state index contributed by atoms with van der Waals surface area (Å²) in [5, 5.41) is 2.94. The fourth-order valence-electron chi connectivity index (χ4n) is 2.52. The third-order valence-corrected chi connectivity index (χ3v) is 3.74. The Bertz CT molecular complexity index is 668. The van der Waals surface area contributed by atoms with Crippen LogP contribution in [0.5, 0.6) is 0 Å². The van der Waals surface area contributed by atoms with Crippen LogP contribution in [0.15, 0.2) is 35.0 Å². The molecule has 1 aliphatic rings. The molecule has 116 valence electrons. The number of morpholine rings is 1. The number of rotatable bonds is 2. The molecular weight excluding hydrogens is 282 g/mol. The van der Waals surface area contributed by atoms with Crippen LogP contribution in [0.4, 0.5) is 10.5 Å². The van der Waals surface area contributed by atoms with Crippen LogP contribution in [0.3, 0.4) is 0 Å². The van der Waals surface area contributed by atoms with Crippen molar-refractivity contribution in [1.29, 1.82) is 0 Å². The monoisotopic (exact) mass is 301 g/mol. The Morgan fingerprint density at radius 1 is 1.36 bits per heavy atom. The lowest BCUT2D eigenvalue weighted by Crippen LogP contribution is -2.45. The Morgan fingerprint density at radius 2 is 2.23 bits per heavy atom. The molecule has 1 atom stereocenters. The average molecular weight is 301 g/mol. The summed E-state index contributed by atoms with van der Waals surface area (Å²) in [6.07, 6.45) is 3.39. The van der Waals surface area contributed by atoms with Gasteiger partial charge < -0.3 is 19.4 Å². The first-order valence-corrected chi connectivity index (χ1v) is 7.27. The number of hydrogen-bond donors (Lipinski definition) is 1. The molecule has 0 bridgehead atoms. The van der Waals surface area contributed by atoms with Gasteiger partial charge in [-0.15, -0.1) is 0 Å². The molecule has 3 heterocycles. The highest BCUT2D eigenvalue weighted by molar-refractivity contribution is 5.90. The van der Waals surface area contributed by atoms with Gasteiger partial charge in [0.2, 0.25) is 0 Å². The van der Waals surface area contributed by atoms with E-state index in [1.54, 1.807) is 23.4 Å². The molecule has 1 unspecified atom stereocenters. The summed E-state index contributed by atoms with van der Waals surface area (Å²) in [7, 11) is 0. The minimum Gasteiger partial charge on any atom is -0.464 e. The summed E-state index contributed by atoms with van der Waals surface area (Å²) >= 11 is 0. The van der Waals surface area contributed by atoms with E-state index in [0.29, 0.717) is 19.8 Å². The third-order valence-electron chi connectivity index (χ3n) is 3.74. The van der Waals surface area contributed by atoms with Crippen LogP contribution >= 0.6 is 0 Å². The number of carbonyl (C=O) groups is 1. The SMILES string of the molecule is Cc1ccc(C2COCCN2C(=O)Nc2ccncc2C)o1. The van der Waals surface area contributed by atoms with Gasteiger partial charge in [-0.3, -0.25) is 4.98 Å². The zero-order valence-corrected chi connectivity index (χ0v) is 12.7. The minimum atomic E-state index is -0.204. The van der Waals surface area contributed by atoms with Gasteiger partial charge in [-0.2, -0.15) is 0 Å². The maximum atomic E-state index is 12.6. The molecule has 2 aromatic heterocycles. The summed E-state index contributed by atoms with van der Waals surface area (Å²) < 4.78 is 11.2. The first-order chi connectivity index (χ1) is 10.6. The second-order valence-corrected chi connectivity index (χ2v) is 5.35. The lowest BCUT2D eigenvalue weighted by molar-refractivity contribution is 0.00710. The highest BCUT2D eigenvalue weighted by Crippen LogP contribution is 2.26. The summed E-state index contributed by atoms with van der Waals surface area (Å²) in [6.45, 7) is 5.29. The molecule has 22 heavy (non-hydrogen) atoms. The van der Waals surface area contributed by atoms with Gasteiger partial charge in [0, 0.05) is 24.6 Å². The normalized spacial score (nSPS) is 18.3. The van der Waals surface area contributed by atoms with E-state index in [1.165, 1.54) is 0 Å². The number of amides is 2. The number of pyridine rings is 1. The van der Waals surface area contributed by atoms with Crippen molar-refractivity contribution in [3.05, 3.63) is 47.7 Å². The van der Waals surface area contributed by atoms with E-state index in [-0.39, 0.29) is 12.1 Å². The molecule has 2 amide bonds. The Balaban J connectivity index is 1.78. The van der Waals surface area contributed by atoms with Crippen LogP contribution in [0.2, 0.25) is 0 Å². The molecule has 0 aromatic carbocycles. The topological polar surface area (TPSA) is 67.6 Å². The standard InChI is InChI=1S/C16H19N3O3/c1-11-9-17-6-5-13(11)18-16(20)19-7-8-21-10-14(19)15-4-3-12(2)22-15/h3-6,9,14H,7-8,10H2,1-2H3,(H,17,18,20). The molecule has 2 aromatic rings. The van der Waals surface area contributed by atoms with Crippen molar-refractivity contribution in [2.24, 2.45) is 0 Å². The van der Waals surface area contributed by atoms with E-state index in [9.17, 15) is 4.79 Å². The van der Waals surface area contributed by atoms with E-state index in [2.05, 4.69) is 10.3 Å². The van der Waals surface area contributed by atoms with Crippen LogP contribution < -0.4 is 5.32 Å². The van der Waals surface area contributed by atoms with Gasteiger partial charge in [-0.05, 0) is 37.6 Å². The lowest BCUT2D eigenvalue weighted by Gasteiger charge is -2.34. The molecule has 0 saturated carbocycles. The van der Waals surface area contributed by atoms with Crippen molar-refractivity contribution in [2.45, 2.75) is 19.9 Å². The Labute approximate surface area is 129 Å². The number of aryl methyl sites for hydroxylation is 2. The number of nitrogens with zero attached hydrogens (tertiary/aromatic N) is 2. The van der Waals surface area contributed by atoms with E-state index >= 15 is 0 Å². The van der Waals surface area contributed by atoms with Crippen LogP contribution in [0, 0.1) is 13.8 Å². The van der Waals surface area contributed by atoms with Gasteiger partial charge in [0.25, 0.3) is 0 Å². The van der Waals surface area contributed by atoms with Crippen LogP contribution in [-0.4, -0.2) is 35.7 Å². The second-order valence-electron chi connectivity index (χ2n) is 5.35. The van der Waals surface area contributed by atoms with Crippen LogP contribution in [-0.2, 0) is 4.74 Å². The van der Waals surface area contributed by atoms with Crippen molar-refractivity contribution in [1.82, 2.24) is 9.88 Å². The van der Waals surface area contributed by atoms with Gasteiger partial charge in [0.15, 0.2) is 0 Å². The molecule has 3 rings (SSSR count). The number of ether oxygens (including phenoxy) is 1. The zero-order valence-electron chi connectivity index (χ0n) is 12.7. The summed E-state index contributed by atoms with van der Waals surface area (Å²) in [6, 6.07) is 5.22. The van der Waals surface area contributed by atoms with Crippen molar-refractivity contribution in [3.8, 4) is 0 Å². The predicted octanol–water partition coefficient (Wildman–Crippen LogP) is 2.90. The molecule has 1 saturated heterocycles. The fraction of sp³-hybridized carbons (Fsp3) is 0.375. The summed E-state index contributed by atoms with van der Waals surface area (Å²) in [5.41, 5.74) is 1.69. The summed E-state index contributed by atoms with van der Waals surface area (Å²) in [5.74, 6) is 1.57. The van der Waals surface area contributed by atoms with Gasteiger partial charge >= 0.3 is 6.03 Å². The first kappa shape index (κ1) is 14.6. The number of anilines is 1. The molecule has 1 N–H and O–H groups in total. The number of hydrogen-bond acceptors (Lipinski definition) is 4. The van der Waals surface area contributed by atoms with Gasteiger partial charge in [-0.1, -0.05) is 0 Å². The smallest absolute Gasteiger partial charge is 0.322 e. The van der Waals surface area contributed by atoms with Crippen molar-refractivity contribution in [3.63, 3.8) is 0 Å². The fourth-order valence-corrected chi connectivity index (χ4v) is 2.52. The summed E-state index contributed by atoms with van der Waals surface area (Å²) in [4.78, 5) is 18.4. The maximum absolute atomic E-state index is 12.6. The predicted molar refractivity (Wildman–Crippen MR) is 81.7 cm³/mol. The van der Waals surface area contributed by atoms with Crippen molar-refractivity contribution < 1.29 is 13.9 Å². The number of carbonyl (C=O) groups excluding carboxylic acids is 1. The van der Waals surface area contributed by atoms with Crippen LogP contribution in [0.25, 0.3) is 0 Å². The molecule has 0 radical (unpaired) electrons. The first-order valence-electron chi connectivity index (χ1n) is 7.27. The highest BCUT2D eigenvalue weighted by Gasteiger charge is 2.31. The molecular formula is C16H19N3O3. The number of nitrogens with one attached hydrogen (secondary N) is 1. The number of furan rings is 1. The van der Waals surface area contributed by atoms with Crippen molar-refractivity contribution in [2.75, 3.05) is 25.1 Å². The Kier molecular flexibility index (Phi) is 4.11. The van der Waals surface area contributed by atoms with Crippen LogP contribution in [0.1, 0.15) is 23.1 Å². The second kappa shape index (κ2) is 6.19. The quantitative estimate of drug-likeness (QED) is 0.926.